The predicted molar refractivity (Wildman–Crippen MR) is 124 cm³/mol. The highest BCUT2D eigenvalue weighted by Gasteiger charge is 2.15. The van der Waals surface area contributed by atoms with Gasteiger partial charge in [-0.1, -0.05) is 41.0 Å². The van der Waals surface area contributed by atoms with Gasteiger partial charge in [0.2, 0.25) is 5.91 Å². The number of hydrogen-bond acceptors (Lipinski definition) is 6. The number of methoxy groups -OCH3 is 1. The number of thioether (sulfide) groups is 1. The molecule has 0 fully saturated rings. The van der Waals surface area contributed by atoms with E-state index in [1.807, 2.05) is 30.5 Å². The zero-order valence-electron chi connectivity index (χ0n) is 17.3. The molecule has 7 nitrogen and oxygen atoms in total. The quantitative estimate of drug-likeness (QED) is 0.422. The maximum absolute atomic E-state index is 12.4. The lowest BCUT2D eigenvalue weighted by molar-refractivity contribution is -0.113. The van der Waals surface area contributed by atoms with Crippen LogP contribution in [-0.2, 0) is 17.9 Å². The van der Waals surface area contributed by atoms with Crippen LogP contribution < -0.4 is 14.8 Å². The number of halogens is 2. The highest BCUT2D eigenvalue weighted by molar-refractivity contribution is 7.99. The smallest absolute Gasteiger partial charge is 0.234 e. The average molecular weight is 481 g/mol. The first-order valence-corrected chi connectivity index (χ1v) is 11.2. The predicted octanol–water partition coefficient (Wildman–Crippen LogP) is 5.23. The summed E-state index contributed by atoms with van der Waals surface area (Å²) in [5.41, 5.74) is 1.57. The van der Waals surface area contributed by atoms with Crippen molar-refractivity contribution in [2.75, 3.05) is 18.2 Å². The molecule has 0 aliphatic carbocycles. The summed E-state index contributed by atoms with van der Waals surface area (Å²) in [6.45, 7) is 4.81. The van der Waals surface area contributed by atoms with Crippen molar-refractivity contribution in [2.45, 2.75) is 32.2 Å². The lowest BCUT2D eigenvalue weighted by Crippen LogP contribution is -2.15. The third-order valence-electron chi connectivity index (χ3n) is 4.32. The third kappa shape index (κ3) is 6.06. The first kappa shape index (κ1) is 23.2. The Morgan fingerprint density at radius 1 is 1.16 bits per heavy atom. The molecule has 0 aliphatic heterocycles. The number of amides is 1. The summed E-state index contributed by atoms with van der Waals surface area (Å²) in [4.78, 5) is 12.4. The fourth-order valence-corrected chi connectivity index (χ4v) is 3.97. The molecule has 0 saturated carbocycles. The summed E-state index contributed by atoms with van der Waals surface area (Å²) >= 11 is 13.5. The van der Waals surface area contributed by atoms with Crippen LogP contribution in [0.4, 0.5) is 5.69 Å². The third-order valence-corrected chi connectivity index (χ3v) is 5.84. The molecule has 1 N–H and O–H groups in total. The molecule has 0 spiro atoms. The first-order chi connectivity index (χ1) is 14.9. The Labute approximate surface area is 195 Å². The van der Waals surface area contributed by atoms with Crippen molar-refractivity contribution in [2.24, 2.45) is 0 Å². The molecular weight excluding hydrogens is 459 g/mol. The van der Waals surface area contributed by atoms with Gasteiger partial charge in [0.25, 0.3) is 0 Å². The number of carbonyl (C=O) groups excluding carboxylic acids is 1. The lowest BCUT2D eigenvalue weighted by atomic mass is 10.2. The number of benzene rings is 2. The average Bonchev–Trinajstić information content (AvgIpc) is 3.15. The monoisotopic (exact) mass is 480 g/mol. The summed E-state index contributed by atoms with van der Waals surface area (Å²) in [7, 11) is 1.53. The largest absolute Gasteiger partial charge is 0.495 e. The lowest BCUT2D eigenvalue weighted by Gasteiger charge is -2.11. The number of aromatic nitrogens is 3. The van der Waals surface area contributed by atoms with E-state index in [1.54, 1.807) is 24.3 Å². The van der Waals surface area contributed by atoms with E-state index in [2.05, 4.69) is 15.5 Å². The number of nitrogens with zero attached hydrogens (tertiary/aromatic N) is 3. The van der Waals surface area contributed by atoms with Gasteiger partial charge < -0.3 is 19.4 Å². The molecule has 1 aromatic heterocycles. The normalized spacial score (nSPS) is 10.7. The van der Waals surface area contributed by atoms with E-state index in [1.165, 1.54) is 18.9 Å². The molecule has 3 rings (SSSR count). The Morgan fingerprint density at radius 3 is 2.71 bits per heavy atom. The minimum absolute atomic E-state index is 0.151. The minimum atomic E-state index is -0.208. The van der Waals surface area contributed by atoms with Crippen LogP contribution in [0.15, 0.2) is 41.6 Å². The molecular formula is C21H22Cl2N4O3S. The van der Waals surface area contributed by atoms with Crippen LogP contribution in [0.3, 0.4) is 0 Å². The summed E-state index contributed by atoms with van der Waals surface area (Å²) in [5.74, 6) is 1.73. The highest BCUT2D eigenvalue weighted by Crippen LogP contribution is 2.29. The molecule has 2 aromatic carbocycles. The molecule has 0 unspecified atom stereocenters. The van der Waals surface area contributed by atoms with E-state index in [9.17, 15) is 4.79 Å². The molecule has 31 heavy (non-hydrogen) atoms. The number of ether oxygens (including phenoxy) is 2. The van der Waals surface area contributed by atoms with Gasteiger partial charge in [0.15, 0.2) is 11.0 Å². The van der Waals surface area contributed by atoms with Gasteiger partial charge in [-0.25, -0.2) is 0 Å². The minimum Gasteiger partial charge on any atom is -0.495 e. The Balaban J connectivity index is 1.62. The van der Waals surface area contributed by atoms with Gasteiger partial charge in [-0.05, 0) is 49.7 Å². The second kappa shape index (κ2) is 10.7. The SMILES string of the molecule is CCn1c(COc2cc(C)ccc2Cl)nnc1SCC(=O)Nc1cc(Cl)ccc1OC. The number of nitrogens with one attached hydrogen (secondary N) is 1. The molecule has 0 bridgehead atoms. The van der Waals surface area contributed by atoms with Crippen molar-refractivity contribution in [1.82, 2.24) is 14.8 Å². The van der Waals surface area contributed by atoms with Gasteiger partial charge in [0.1, 0.15) is 18.1 Å². The van der Waals surface area contributed by atoms with E-state index in [0.29, 0.717) is 44.8 Å². The Bertz CT molecular complexity index is 1070. The highest BCUT2D eigenvalue weighted by atomic mass is 35.5. The van der Waals surface area contributed by atoms with E-state index in [-0.39, 0.29) is 18.3 Å². The van der Waals surface area contributed by atoms with Gasteiger partial charge in [-0.3, -0.25) is 4.79 Å². The summed E-state index contributed by atoms with van der Waals surface area (Å²) in [6, 6.07) is 10.6. The molecule has 1 amide bonds. The molecule has 0 atom stereocenters. The molecule has 164 valence electrons. The first-order valence-electron chi connectivity index (χ1n) is 9.48. The number of hydrogen-bond donors (Lipinski definition) is 1. The van der Waals surface area contributed by atoms with Crippen molar-refractivity contribution in [3.05, 3.63) is 57.8 Å². The van der Waals surface area contributed by atoms with Crippen LogP contribution in [0.5, 0.6) is 11.5 Å². The summed E-state index contributed by atoms with van der Waals surface area (Å²) < 4.78 is 13.0. The van der Waals surface area contributed by atoms with E-state index >= 15 is 0 Å². The van der Waals surface area contributed by atoms with Crippen molar-refractivity contribution in [3.63, 3.8) is 0 Å². The molecule has 0 radical (unpaired) electrons. The van der Waals surface area contributed by atoms with Crippen LogP contribution in [-0.4, -0.2) is 33.5 Å². The zero-order chi connectivity index (χ0) is 22.4. The van der Waals surface area contributed by atoms with Gasteiger partial charge >= 0.3 is 0 Å². The second-order valence-corrected chi connectivity index (χ2v) is 8.33. The summed E-state index contributed by atoms with van der Waals surface area (Å²) in [5, 5.41) is 12.9. The maximum Gasteiger partial charge on any atom is 0.234 e. The number of carbonyl (C=O) groups is 1. The van der Waals surface area contributed by atoms with Crippen LogP contribution in [0.2, 0.25) is 10.0 Å². The Morgan fingerprint density at radius 2 is 1.97 bits per heavy atom. The van der Waals surface area contributed by atoms with Crippen molar-refractivity contribution in [1.29, 1.82) is 0 Å². The molecule has 0 saturated heterocycles. The van der Waals surface area contributed by atoms with Crippen molar-refractivity contribution >= 4 is 46.6 Å². The van der Waals surface area contributed by atoms with Crippen molar-refractivity contribution in [3.8, 4) is 11.5 Å². The fraction of sp³-hybridized carbons (Fsp3) is 0.286. The molecule has 10 heteroatoms. The maximum atomic E-state index is 12.4. The zero-order valence-corrected chi connectivity index (χ0v) is 19.6. The Kier molecular flexibility index (Phi) is 8.06. The molecule has 3 aromatic rings. The van der Waals surface area contributed by atoms with Gasteiger partial charge in [0.05, 0.1) is 23.6 Å². The van der Waals surface area contributed by atoms with Gasteiger partial charge in [-0.2, -0.15) is 0 Å². The van der Waals surface area contributed by atoms with E-state index in [4.69, 9.17) is 32.7 Å². The van der Waals surface area contributed by atoms with Crippen LogP contribution in [0.25, 0.3) is 0 Å². The number of rotatable bonds is 9. The van der Waals surface area contributed by atoms with Crippen LogP contribution in [0.1, 0.15) is 18.3 Å². The topological polar surface area (TPSA) is 78.3 Å². The van der Waals surface area contributed by atoms with Gasteiger partial charge in [-0.15, -0.1) is 10.2 Å². The molecule has 0 aliphatic rings. The van der Waals surface area contributed by atoms with E-state index < -0.39 is 0 Å². The second-order valence-electron chi connectivity index (χ2n) is 6.55. The van der Waals surface area contributed by atoms with Gasteiger partial charge in [0, 0.05) is 11.6 Å². The standard InChI is InChI=1S/C21H22Cl2N4O3S/c1-4-27-19(11-30-18-9-13(2)5-7-15(18)23)25-26-21(27)31-12-20(28)24-16-10-14(22)6-8-17(16)29-3/h5-10H,4,11-12H2,1-3H3,(H,24,28). The molecule has 1 heterocycles. The number of aryl methyl sites for hydroxylation is 1. The van der Waals surface area contributed by atoms with E-state index in [0.717, 1.165) is 5.56 Å². The van der Waals surface area contributed by atoms with Crippen molar-refractivity contribution < 1.29 is 14.3 Å². The van der Waals surface area contributed by atoms with Crippen LogP contribution in [0, 0.1) is 6.92 Å². The van der Waals surface area contributed by atoms with Crippen LogP contribution >= 0.6 is 35.0 Å². The Hall–Kier alpha value is -2.42. The fourth-order valence-electron chi connectivity index (χ4n) is 2.81. The summed E-state index contributed by atoms with van der Waals surface area (Å²) in [6.07, 6.45) is 0. The number of anilines is 1.